The van der Waals surface area contributed by atoms with Crippen molar-refractivity contribution in [3.05, 3.63) is 106 Å². The van der Waals surface area contributed by atoms with Gasteiger partial charge in [0, 0.05) is 29.3 Å². The van der Waals surface area contributed by atoms with E-state index in [0.717, 1.165) is 24.3 Å². The molecule has 3 N–H and O–H groups in total. The zero-order valence-corrected chi connectivity index (χ0v) is 22.1. The number of pyridine rings is 1. The Balaban J connectivity index is 1.46. The lowest BCUT2D eigenvalue weighted by atomic mass is 9.94. The number of fused-ring (bicyclic) bond motifs is 3. The molecule has 1 saturated carbocycles. The molecule has 1 fully saturated rings. The van der Waals surface area contributed by atoms with Crippen LogP contribution in [0.3, 0.4) is 0 Å². The molecule has 0 aliphatic heterocycles. The minimum Gasteiger partial charge on any atom is -0.366 e. The smallest absolute Gasteiger partial charge is 0.366 e. The van der Waals surface area contributed by atoms with E-state index < -0.39 is 88.3 Å². The number of nitrogens with two attached hydrogens (primary N) is 1. The van der Waals surface area contributed by atoms with Crippen LogP contribution < -0.4 is 11.1 Å². The van der Waals surface area contributed by atoms with Crippen LogP contribution in [-0.2, 0) is 18.5 Å². The number of hydrogen-bond acceptors (Lipinski definition) is 4. The highest BCUT2D eigenvalue weighted by molar-refractivity contribution is 5.94. The van der Waals surface area contributed by atoms with E-state index >= 15 is 8.78 Å². The van der Waals surface area contributed by atoms with Gasteiger partial charge in [-0.1, -0.05) is 12.1 Å². The lowest BCUT2D eigenvalue weighted by Crippen LogP contribution is -2.37. The SMILES string of the molecule is NC(=O)c1cc(-c2cccnc2C(Cc2cc(F)cc(F)c2)NC(=O)n2nc(C(F)(F)F)c3c2C(F)(F)C2CC32)ccc1F. The molecule has 3 unspecified atom stereocenters. The summed E-state index contributed by atoms with van der Waals surface area (Å²) in [5.74, 6) is -10.3. The number of nitrogens with one attached hydrogen (secondary N) is 1. The van der Waals surface area contributed by atoms with Gasteiger partial charge >= 0.3 is 12.2 Å². The number of carbonyl (C=O) groups is 2. The predicted molar refractivity (Wildman–Crippen MR) is 137 cm³/mol. The number of alkyl halides is 5. The molecule has 2 heterocycles. The number of rotatable bonds is 6. The number of primary amides is 1. The average molecular weight is 621 g/mol. The number of hydrogen-bond donors (Lipinski definition) is 2. The maximum Gasteiger partial charge on any atom is 0.435 e. The number of nitrogens with zero attached hydrogens (tertiary/aromatic N) is 3. The van der Waals surface area contributed by atoms with E-state index in [-0.39, 0.29) is 33.5 Å². The Morgan fingerprint density at radius 1 is 1.07 bits per heavy atom. The topological polar surface area (TPSA) is 103 Å². The molecular formula is C29H19F8N5O2. The van der Waals surface area contributed by atoms with Gasteiger partial charge in [-0.05, 0) is 60.2 Å². The fraction of sp³-hybridized carbons (Fsp3) is 0.241. The molecule has 0 spiro atoms. The van der Waals surface area contributed by atoms with Crippen LogP contribution in [0, 0.1) is 23.4 Å². The van der Waals surface area contributed by atoms with Crippen molar-refractivity contribution in [2.75, 3.05) is 0 Å². The Hall–Kier alpha value is -4.82. The summed E-state index contributed by atoms with van der Waals surface area (Å²) in [6.07, 6.45) is -4.48. The van der Waals surface area contributed by atoms with Crippen LogP contribution in [0.25, 0.3) is 11.1 Å². The average Bonchev–Trinajstić information content (AvgIpc) is 3.57. The highest BCUT2D eigenvalue weighted by Gasteiger charge is 2.68. The van der Waals surface area contributed by atoms with E-state index in [2.05, 4.69) is 15.4 Å². The molecule has 2 aromatic heterocycles. The Kier molecular flexibility index (Phi) is 6.74. The first-order chi connectivity index (χ1) is 20.7. The first-order valence-corrected chi connectivity index (χ1v) is 13.1. The molecule has 0 radical (unpaired) electrons. The number of benzene rings is 2. The van der Waals surface area contributed by atoms with Crippen molar-refractivity contribution < 1.29 is 44.7 Å². The Bertz CT molecular complexity index is 1820. The summed E-state index contributed by atoms with van der Waals surface area (Å²) in [7, 11) is 0. The minimum absolute atomic E-state index is 0.0187. The second kappa shape index (κ2) is 10.1. The Morgan fingerprint density at radius 2 is 1.77 bits per heavy atom. The second-order valence-electron chi connectivity index (χ2n) is 10.6. The Morgan fingerprint density at radius 3 is 2.43 bits per heavy atom. The summed E-state index contributed by atoms with van der Waals surface area (Å²) < 4.78 is 114. The molecule has 0 saturated heterocycles. The lowest BCUT2D eigenvalue weighted by Gasteiger charge is -2.23. The number of aromatic nitrogens is 3. The molecule has 2 amide bonds. The van der Waals surface area contributed by atoms with Crippen LogP contribution in [0.5, 0.6) is 0 Å². The van der Waals surface area contributed by atoms with E-state index in [9.17, 15) is 35.9 Å². The first-order valence-electron chi connectivity index (χ1n) is 13.1. The molecule has 228 valence electrons. The Labute approximate surface area is 242 Å². The van der Waals surface area contributed by atoms with Crippen LogP contribution in [-0.4, -0.2) is 26.7 Å². The molecule has 44 heavy (non-hydrogen) atoms. The molecule has 6 rings (SSSR count). The highest BCUT2D eigenvalue weighted by atomic mass is 19.4. The molecule has 2 aliphatic rings. The fourth-order valence-corrected chi connectivity index (χ4v) is 5.76. The third-order valence-corrected chi connectivity index (χ3v) is 7.70. The molecule has 0 bridgehead atoms. The normalized spacial score (nSPS) is 18.8. The monoisotopic (exact) mass is 621 g/mol. The van der Waals surface area contributed by atoms with Gasteiger partial charge in [0.25, 0.3) is 11.8 Å². The van der Waals surface area contributed by atoms with Gasteiger partial charge < -0.3 is 11.1 Å². The molecule has 4 aromatic rings. The minimum atomic E-state index is -5.13. The molecule has 15 heteroatoms. The van der Waals surface area contributed by atoms with Crippen molar-refractivity contribution in [3.63, 3.8) is 0 Å². The van der Waals surface area contributed by atoms with Crippen molar-refractivity contribution in [2.45, 2.75) is 36.9 Å². The number of halogens is 8. The van der Waals surface area contributed by atoms with Crippen LogP contribution in [0.2, 0.25) is 0 Å². The molecular weight excluding hydrogens is 602 g/mol. The predicted octanol–water partition coefficient (Wildman–Crippen LogP) is 6.23. The third kappa shape index (κ3) is 4.95. The third-order valence-electron chi connectivity index (χ3n) is 7.70. The van der Waals surface area contributed by atoms with Crippen molar-refractivity contribution in [2.24, 2.45) is 11.7 Å². The van der Waals surface area contributed by atoms with Crippen molar-refractivity contribution in [3.8, 4) is 11.1 Å². The largest absolute Gasteiger partial charge is 0.435 e. The van der Waals surface area contributed by atoms with Gasteiger partial charge in [0.15, 0.2) is 5.69 Å². The summed E-state index contributed by atoms with van der Waals surface area (Å²) >= 11 is 0. The standard InChI is InChI=1S/C29H19F8N5O2/c30-14-6-12(7-15(31)10-14)8-21(23-16(2-1-5-39-23)13-3-4-20(32)18(9-13)26(38)43)40-27(44)42-25-22(24(41-42)29(35,36)37)17-11-19(17)28(25,33)34/h1-7,9-10,17,19,21H,8,11H2,(H2,38,43)(H,40,44). The number of amides is 2. The molecule has 7 nitrogen and oxygen atoms in total. The van der Waals surface area contributed by atoms with Gasteiger partial charge in [-0.2, -0.15) is 31.7 Å². The summed E-state index contributed by atoms with van der Waals surface area (Å²) in [5, 5.41) is 5.59. The van der Waals surface area contributed by atoms with Gasteiger partial charge in [-0.3, -0.25) is 9.78 Å². The quantitative estimate of drug-likeness (QED) is 0.249. The van der Waals surface area contributed by atoms with Crippen LogP contribution in [0.1, 0.15) is 56.9 Å². The lowest BCUT2D eigenvalue weighted by molar-refractivity contribution is -0.142. The van der Waals surface area contributed by atoms with Gasteiger partial charge in [-0.25, -0.2) is 18.0 Å². The number of carbonyl (C=O) groups excluding carboxylic acids is 2. The molecule has 2 aliphatic carbocycles. The summed E-state index contributed by atoms with van der Waals surface area (Å²) in [6.45, 7) is 0. The highest BCUT2D eigenvalue weighted by Crippen LogP contribution is 2.68. The van der Waals surface area contributed by atoms with E-state index in [0.29, 0.717) is 6.07 Å². The maximum absolute atomic E-state index is 15.1. The zero-order chi connectivity index (χ0) is 31.7. The van der Waals surface area contributed by atoms with Crippen molar-refractivity contribution in [1.82, 2.24) is 20.1 Å². The van der Waals surface area contributed by atoms with Gasteiger partial charge in [0.1, 0.15) is 23.1 Å². The van der Waals surface area contributed by atoms with Crippen LogP contribution in [0.4, 0.5) is 39.9 Å². The summed E-state index contributed by atoms with van der Waals surface area (Å²) in [5.41, 5.74) is 1.49. The van der Waals surface area contributed by atoms with Gasteiger partial charge in [0.2, 0.25) is 0 Å². The van der Waals surface area contributed by atoms with E-state index in [1.807, 2.05) is 0 Å². The fourth-order valence-electron chi connectivity index (χ4n) is 5.76. The molecule has 2 aromatic carbocycles. The van der Waals surface area contributed by atoms with Gasteiger partial charge in [-0.15, -0.1) is 0 Å². The van der Waals surface area contributed by atoms with Crippen LogP contribution >= 0.6 is 0 Å². The molecule has 3 atom stereocenters. The summed E-state index contributed by atoms with van der Waals surface area (Å²) in [6, 6.07) is 5.75. The van der Waals surface area contributed by atoms with Gasteiger partial charge in [0.05, 0.1) is 17.3 Å². The maximum atomic E-state index is 15.1. The first kappa shape index (κ1) is 29.3. The van der Waals surface area contributed by atoms with E-state index in [1.165, 1.54) is 24.4 Å². The summed E-state index contributed by atoms with van der Waals surface area (Å²) in [4.78, 5) is 29.5. The second-order valence-corrected chi connectivity index (χ2v) is 10.6. The van der Waals surface area contributed by atoms with E-state index in [4.69, 9.17) is 5.73 Å². The van der Waals surface area contributed by atoms with Crippen LogP contribution in [0.15, 0.2) is 54.7 Å². The zero-order valence-electron chi connectivity index (χ0n) is 22.1. The van der Waals surface area contributed by atoms with Crippen molar-refractivity contribution >= 4 is 11.9 Å². The van der Waals surface area contributed by atoms with E-state index in [1.54, 1.807) is 0 Å². The van der Waals surface area contributed by atoms with Crippen molar-refractivity contribution in [1.29, 1.82) is 0 Å².